The van der Waals surface area contributed by atoms with Gasteiger partial charge in [0.15, 0.2) is 5.13 Å². The third-order valence-corrected chi connectivity index (χ3v) is 5.81. The molecule has 1 amide bonds. The molecule has 0 radical (unpaired) electrons. The quantitative estimate of drug-likeness (QED) is 0.693. The maximum Gasteiger partial charge on any atom is 0.263 e. The number of nitrogens with two attached hydrogens (primary N) is 1. The lowest BCUT2D eigenvalue weighted by Crippen LogP contribution is -2.14. The second-order valence-electron chi connectivity index (χ2n) is 5.04. The van der Waals surface area contributed by atoms with Gasteiger partial charge in [-0.15, -0.1) is 11.3 Å². The van der Waals surface area contributed by atoms with Gasteiger partial charge in [0.05, 0.1) is 10.6 Å². The first kappa shape index (κ1) is 17.4. The van der Waals surface area contributed by atoms with Crippen LogP contribution in [0.15, 0.2) is 58.8 Å². The monoisotopic (exact) mass is 393 g/mol. The number of rotatable bonds is 5. The molecule has 25 heavy (non-hydrogen) atoms. The van der Waals surface area contributed by atoms with Crippen LogP contribution in [0.5, 0.6) is 0 Å². The van der Waals surface area contributed by atoms with E-state index in [0.717, 1.165) is 5.56 Å². The summed E-state index contributed by atoms with van der Waals surface area (Å²) in [6.07, 6.45) is 0. The lowest BCUT2D eigenvalue weighted by Gasteiger charge is -2.05. The van der Waals surface area contributed by atoms with E-state index in [1.165, 1.54) is 35.6 Å². The fraction of sp³-hybridized carbons (Fsp3) is 0. The summed E-state index contributed by atoms with van der Waals surface area (Å²) >= 11 is 7.02. The Bertz CT molecular complexity index is 1010. The molecule has 0 fully saturated rings. The number of primary amides is 1. The van der Waals surface area contributed by atoms with Crippen LogP contribution in [0.1, 0.15) is 10.4 Å². The van der Waals surface area contributed by atoms with E-state index in [0.29, 0.717) is 10.7 Å². The number of nitrogens with zero attached hydrogens (tertiary/aromatic N) is 1. The van der Waals surface area contributed by atoms with Crippen LogP contribution < -0.4 is 10.5 Å². The summed E-state index contributed by atoms with van der Waals surface area (Å²) < 4.78 is 27.2. The molecular formula is C16H12ClN3O3S2. The SMILES string of the molecule is NC(=O)c1ccc(S(=O)(=O)Nc2nc(-c3ccc(Cl)cc3)cs2)cc1. The summed E-state index contributed by atoms with van der Waals surface area (Å²) in [6.45, 7) is 0. The fourth-order valence-corrected chi connectivity index (χ4v) is 4.14. The summed E-state index contributed by atoms with van der Waals surface area (Å²) in [5.41, 5.74) is 6.85. The van der Waals surface area contributed by atoms with Gasteiger partial charge in [-0.3, -0.25) is 9.52 Å². The largest absolute Gasteiger partial charge is 0.366 e. The van der Waals surface area contributed by atoms with E-state index in [2.05, 4.69) is 9.71 Å². The number of sulfonamides is 1. The number of hydrogen-bond donors (Lipinski definition) is 2. The van der Waals surface area contributed by atoms with E-state index >= 15 is 0 Å². The van der Waals surface area contributed by atoms with Gasteiger partial charge in [-0.25, -0.2) is 13.4 Å². The van der Waals surface area contributed by atoms with E-state index in [1.54, 1.807) is 29.6 Å². The van der Waals surface area contributed by atoms with Crippen molar-refractivity contribution in [3.05, 3.63) is 64.5 Å². The summed E-state index contributed by atoms with van der Waals surface area (Å²) in [5.74, 6) is -0.621. The van der Waals surface area contributed by atoms with E-state index in [9.17, 15) is 13.2 Å². The minimum atomic E-state index is -3.81. The molecule has 0 unspecified atom stereocenters. The first-order valence-electron chi connectivity index (χ1n) is 6.99. The lowest BCUT2D eigenvalue weighted by atomic mass is 10.2. The lowest BCUT2D eigenvalue weighted by molar-refractivity contribution is 0.1000. The van der Waals surface area contributed by atoms with Crippen molar-refractivity contribution in [3.8, 4) is 11.3 Å². The molecule has 3 aromatic rings. The van der Waals surface area contributed by atoms with Crippen molar-refractivity contribution < 1.29 is 13.2 Å². The third-order valence-electron chi connectivity index (χ3n) is 3.31. The Morgan fingerprint density at radius 2 is 1.72 bits per heavy atom. The van der Waals surface area contributed by atoms with Crippen molar-refractivity contribution in [1.29, 1.82) is 0 Å². The molecule has 0 aliphatic rings. The number of hydrogen-bond acceptors (Lipinski definition) is 5. The van der Waals surface area contributed by atoms with Crippen molar-refractivity contribution in [2.24, 2.45) is 5.73 Å². The van der Waals surface area contributed by atoms with Crippen LogP contribution in [0.3, 0.4) is 0 Å². The molecule has 0 spiro atoms. The highest BCUT2D eigenvalue weighted by atomic mass is 35.5. The Balaban J connectivity index is 1.81. The average molecular weight is 394 g/mol. The van der Waals surface area contributed by atoms with Crippen LogP contribution in [0.2, 0.25) is 5.02 Å². The highest BCUT2D eigenvalue weighted by Crippen LogP contribution is 2.27. The summed E-state index contributed by atoms with van der Waals surface area (Å²) in [4.78, 5) is 15.3. The highest BCUT2D eigenvalue weighted by Gasteiger charge is 2.17. The van der Waals surface area contributed by atoms with Crippen LogP contribution in [-0.4, -0.2) is 19.3 Å². The molecule has 0 saturated carbocycles. The summed E-state index contributed by atoms with van der Waals surface area (Å²) in [6, 6.07) is 12.4. The van der Waals surface area contributed by atoms with Crippen molar-refractivity contribution in [2.45, 2.75) is 4.90 Å². The molecule has 3 rings (SSSR count). The standard InChI is InChI=1S/C16H12ClN3O3S2/c17-12-5-1-10(2-6-12)14-9-24-16(19-14)20-25(22,23)13-7-3-11(4-8-13)15(18)21/h1-9H,(H2,18,21)(H,19,20). The Hall–Kier alpha value is -2.42. The van der Waals surface area contributed by atoms with Crippen molar-refractivity contribution in [3.63, 3.8) is 0 Å². The molecule has 1 aromatic heterocycles. The molecule has 0 aliphatic heterocycles. The zero-order chi connectivity index (χ0) is 18.0. The molecule has 1 heterocycles. The molecular weight excluding hydrogens is 382 g/mol. The van der Waals surface area contributed by atoms with Crippen LogP contribution in [0.4, 0.5) is 5.13 Å². The van der Waals surface area contributed by atoms with E-state index in [1.807, 2.05) is 0 Å². The number of halogens is 1. The van der Waals surface area contributed by atoms with Gasteiger partial charge in [0, 0.05) is 21.5 Å². The number of nitrogens with one attached hydrogen (secondary N) is 1. The number of carbonyl (C=O) groups is 1. The van der Waals surface area contributed by atoms with Crippen LogP contribution >= 0.6 is 22.9 Å². The number of anilines is 1. The molecule has 9 heteroatoms. The van der Waals surface area contributed by atoms with Crippen molar-refractivity contribution in [2.75, 3.05) is 4.72 Å². The van der Waals surface area contributed by atoms with Gasteiger partial charge < -0.3 is 5.73 Å². The summed E-state index contributed by atoms with van der Waals surface area (Å²) in [5, 5.41) is 2.60. The number of carbonyl (C=O) groups excluding carboxylic acids is 1. The summed E-state index contributed by atoms with van der Waals surface area (Å²) in [7, 11) is -3.81. The van der Waals surface area contributed by atoms with Gasteiger partial charge >= 0.3 is 0 Å². The molecule has 128 valence electrons. The second-order valence-corrected chi connectivity index (χ2v) is 8.02. The van der Waals surface area contributed by atoms with Gasteiger partial charge in [-0.2, -0.15) is 0 Å². The zero-order valence-corrected chi connectivity index (χ0v) is 15.0. The molecule has 0 aliphatic carbocycles. The average Bonchev–Trinajstić information content (AvgIpc) is 3.03. The maximum absolute atomic E-state index is 12.4. The zero-order valence-electron chi connectivity index (χ0n) is 12.6. The first-order chi connectivity index (χ1) is 11.8. The Morgan fingerprint density at radius 3 is 2.32 bits per heavy atom. The van der Waals surface area contributed by atoms with Crippen LogP contribution in [0, 0.1) is 0 Å². The minimum absolute atomic E-state index is 0.0146. The number of aromatic nitrogens is 1. The number of thiazole rings is 1. The van der Waals surface area contributed by atoms with E-state index in [4.69, 9.17) is 17.3 Å². The molecule has 2 aromatic carbocycles. The van der Waals surface area contributed by atoms with Gasteiger partial charge in [0.25, 0.3) is 10.0 Å². The maximum atomic E-state index is 12.4. The Labute approximate surface area is 153 Å². The predicted molar refractivity (Wildman–Crippen MR) is 98.3 cm³/mol. The van der Waals surface area contributed by atoms with Crippen LogP contribution in [0.25, 0.3) is 11.3 Å². The van der Waals surface area contributed by atoms with Gasteiger partial charge in [0.2, 0.25) is 5.91 Å². The molecule has 3 N–H and O–H groups in total. The first-order valence-corrected chi connectivity index (χ1v) is 9.73. The molecule has 0 bridgehead atoms. The normalized spacial score (nSPS) is 11.2. The molecule has 0 atom stereocenters. The smallest absolute Gasteiger partial charge is 0.263 e. The fourth-order valence-electron chi connectivity index (χ4n) is 2.05. The molecule has 6 nitrogen and oxygen atoms in total. The Morgan fingerprint density at radius 1 is 1.08 bits per heavy atom. The van der Waals surface area contributed by atoms with E-state index < -0.39 is 15.9 Å². The van der Waals surface area contributed by atoms with Gasteiger partial charge in [0.1, 0.15) is 0 Å². The second kappa shape index (κ2) is 6.83. The minimum Gasteiger partial charge on any atom is -0.366 e. The number of benzene rings is 2. The predicted octanol–water partition coefficient (Wildman–Crippen LogP) is 3.36. The van der Waals surface area contributed by atoms with E-state index in [-0.39, 0.29) is 15.6 Å². The van der Waals surface area contributed by atoms with Crippen molar-refractivity contribution >= 4 is 44.0 Å². The Kier molecular flexibility index (Phi) is 4.76. The third kappa shape index (κ3) is 3.98. The van der Waals surface area contributed by atoms with Crippen molar-refractivity contribution in [1.82, 2.24) is 4.98 Å². The number of amides is 1. The van der Waals surface area contributed by atoms with Gasteiger partial charge in [-0.05, 0) is 36.4 Å². The molecule has 0 saturated heterocycles. The topological polar surface area (TPSA) is 102 Å². The van der Waals surface area contributed by atoms with Gasteiger partial charge in [-0.1, -0.05) is 23.7 Å². The van der Waals surface area contributed by atoms with Crippen LogP contribution in [-0.2, 0) is 10.0 Å². The highest BCUT2D eigenvalue weighted by molar-refractivity contribution is 7.93.